The second-order valence-corrected chi connectivity index (χ2v) is 6.24. The molecule has 0 aliphatic heterocycles. The normalized spacial score (nSPS) is 16.4. The molecule has 2 atom stereocenters. The van der Waals surface area contributed by atoms with Crippen molar-refractivity contribution in [3.8, 4) is 0 Å². The zero-order chi connectivity index (χ0) is 15.8. The van der Waals surface area contributed by atoms with Gasteiger partial charge in [-0.15, -0.1) is 0 Å². The van der Waals surface area contributed by atoms with Crippen LogP contribution in [0.2, 0.25) is 0 Å². The number of hydrogen-bond acceptors (Lipinski definition) is 4. The van der Waals surface area contributed by atoms with Gasteiger partial charge in [0.25, 0.3) is 0 Å². The molecule has 0 saturated heterocycles. The van der Waals surface area contributed by atoms with Crippen molar-refractivity contribution >= 4 is 5.91 Å². The number of nitrogens with two attached hydrogens (primary N) is 1. The van der Waals surface area contributed by atoms with Crippen LogP contribution in [-0.2, 0) is 9.53 Å². The van der Waals surface area contributed by atoms with Crippen LogP contribution < -0.4 is 11.1 Å². The Hall–Kier alpha value is -0.650. The van der Waals surface area contributed by atoms with E-state index < -0.39 is 5.54 Å². The molecular formula is C15H33N3O2. The second-order valence-electron chi connectivity index (χ2n) is 6.24. The summed E-state index contributed by atoms with van der Waals surface area (Å²) in [6.45, 7) is 9.85. The van der Waals surface area contributed by atoms with Crippen LogP contribution in [0.1, 0.15) is 47.0 Å². The lowest BCUT2D eigenvalue weighted by atomic mass is 9.93. The molecular weight excluding hydrogens is 254 g/mol. The van der Waals surface area contributed by atoms with Crippen molar-refractivity contribution in [3.63, 3.8) is 0 Å². The van der Waals surface area contributed by atoms with E-state index in [1.54, 1.807) is 7.11 Å². The number of amides is 1. The quantitative estimate of drug-likeness (QED) is 0.563. The molecule has 3 N–H and O–H groups in total. The molecule has 0 aromatic rings. The Morgan fingerprint density at radius 1 is 1.35 bits per heavy atom. The van der Waals surface area contributed by atoms with Gasteiger partial charge in [-0.05, 0) is 60.5 Å². The number of carbonyl (C=O) groups excluding carboxylic acids is 1. The van der Waals surface area contributed by atoms with Gasteiger partial charge in [0, 0.05) is 19.2 Å². The molecule has 0 aliphatic rings. The van der Waals surface area contributed by atoms with Gasteiger partial charge in [0.2, 0.25) is 5.91 Å². The van der Waals surface area contributed by atoms with Gasteiger partial charge in [-0.25, -0.2) is 0 Å². The number of carbonyl (C=O) groups is 1. The van der Waals surface area contributed by atoms with Gasteiger partial charge in [-0.3, -0.25) is 4.79 Å². The minimum Gasteiger partial charge on any atom is -0.383 e. The molecule has 0 spiro atoms. The first-order chi connectivity index (χ1) is 9.23. The molecule has 0 aliphatic carbocycles. The lowest BCUT2D eigenvalue weighted by Gasteiger charge is -2.30. The highest BCUT2D eigenvalue weighted by molar-refractivity contribution is 5.84. The van der Waals surface area contributed by atoms with Gasteiger partial charge >= 0.3 is 0 Å². The molecule has 0 heterocycles. The first-order valence-electron chi connectivity index (χ1n) is 7.49. The fraction of sp³-hybridized carbons (Fsp3) is 0.933. The summed E-state index contributed by atoms with van der Waals surface area (Å²) in [5, 5.41) is 3.28. The van der Waals surface area contributed by atoms with Crippen molar-refractivity contribution in [1.82, 2.24) is 10.2 Å². The van der Waals surface area contributed by atoms with Gasteiger partial charge in [0.15, 0.2) is 0 Å². The van der Waals surface area contributed by atoms with E-state index in [9.17, 15) is 4.79 Å². The molecule has 5 heteroatoms. The number of nitrogens with zero attached hydrogens (tertiary/aromatic N) is 1. The first-order valence-corrected chi connectivity index (χ1v) is 7.49. The average molecular weight is 287 g/mol. The van der Waals surface area contributed by atoms with Crippen molar-refractivity contribution in [1.29, 1.82) is 0 Å². The van der Waals surface area contributed by atoms with Crippen LogP contribution >= 0.6 is 0 Å². The minimum atomic E-state index is -0.606. The molecule has 20 heavy (non-hydrogen) atoms. The molecule has 0 fully saturated rings. The molecule has 0 radical (unpaired) electrons. The van der Waals surface area contributed by atoms with E-state index >= 15 is 0 Å². The van der Waals surface area contributed by atoms with Gasteiger partial charge in [0.1, 0.15) is 0 Å². The third-order valence-electron chi connectivity index (χ3n) is 3.75. The van der Waals surface area contributed by atoms with E-state index in [1.807, 2.05) is 20.8 Å². The molecule has 0 bridgehead atoms. The highest BCUT2D eigenvalue weighted by Gasteiger charge is 2.30. The van der Waals surface area contributed by atoms with Crippen LogP contribution in [0.25, 0.3) is 0 Å². The minimum absolute atomic E-state index is 0.247. The van der Waals surface area contributed by atoms with Crippen molar-refractivity contribution in [3.05, 3.63) is 0 Å². The van der Waals surface area contributed by atoms with Gasteiger partial charge in [-0.2, -0.15) is 0 Å². The second kappa shape index (κ2) is 9.32. The molecule has 0 aromatic carbocycles. The number of rotatable bonds is 11. The standard InChI is InChI=1S/C15H33N3O2/c1-12(2)17-15(4,14(16)19)9-7-8-10-18(5)13(3)11-20-6/h12-13,17H,7-11H2,1-6H3,(H2,16,19). The predicted octanol–water partition coefficient (Wildman–Crippen LogP) is 1.37. The van der Waals surface area contributed by atoms with Crippen molar-refractivity contribution in [2.45, 2.75) is 64.6 Å². The van der Waals surface area contributed by atoms with Crippen LogP contribution in [0.5, 0.6) is 0 Å². The monoisotopic (exact) mass is 287 g/mol. The summed E-state index contributed by atoms with van der Waals surface area (Å²) >= 11 is 0. The van der Waals surface area contributed by atoms with Crippen LogP contribution in [0.4, 0.5) is 0 Å². The SMILES string of the molecule is COCC(C)N(C)CCCCC(C)(NC(C)C)C(N)=O. The Morgan fingerprint density at radius 2 is 1.95 bits per heavy atom. The van der Waals surface area contributed by atoms with E-state index in [4.69, 9.17) is 10.5 Å². The van der Waals surface area contributed by atoms with Gasteiger partial charge in [-0.1, -0.05) is 0 Å². The summed E-state index contributed by atoms with van der Waals surface area (Å²) in [6, 6.07) is 0.660. The van der Waals surface area contributed by atoms with E-state index in [2.05, 4.69) is 24.2 Å². The summed E-state index contributed by atoms with van der Waals surface area (Å²) in [5.74, 6) is -0.271. The summed E-state index contributed by atoms with van der Waals surface area (Å²) < 4.78 is 5.15. The van der Waals surface area contributed by atoms with E-state index in [0.717, 1.165) is 32.4 Å². The predicted molar refractivity (Wildman–Crippen MR) is 83.7 cm³/mol. The number of methoxy groups -OCH3 is 1. The van der Waals surface area contributed by atoms with Crippen molar-refractivity contribution < 1.29 is 9.53 Å². The molecule has 5 nitrogen and oxygen atoms in total. The number of likely N-dealkylation sites (N-methyl/N-ethyl adjacent to an activating group) is 1. The first kappa shape index (κ1) is 19.4. The maximum Gasteiger partial charge on any atom is 0.237 e. The summed E-state index contributed by atoms with van der Waals surface area (Å²) in [5.41, 5.74) is 4.91. The van der Waals surface area contributed by atoms with Crippen LogP contribution in [0.15, 0.2) is 0 Å². The topological polar surface area (TPSA) is 67.6 Å². The van der Waals surface area contributed by atoms with Crippen molar-refractivity contribution in [2.24, 2.45) is 5.73 Å². The van der Waals surface area contributed by atoms with E-state index in [-0.39, 0.29) is 11.9 Å². The zero-order valence-electron chi connectivity index (χ0n) is 14.0. The number of primary amides is 1. The molecule has 1 amide bonds. The molecule has 2 unspecified atom stereocenters. The Morgan fingerprint density at radius 3 is 2.40 bits per heavy atom. The maximum absolute atomic E-state index is 11.6. The number of nitrogens with one attached hydrogen (secondary N) is 1. The summed E-state index contributed by atoms with van der Waals surface area (Å²) in [4.78, 5) is 13.9. The number of unbranched alkanes of at least 4 members (excludes halogenated alkanes) is 1. The lowest BCUT2D eigenvalue weighted by molar-refractivity contribution is -0.124. The largest absolute Gasteiger partial charge is 0.383 e. The van der Waals surface area contributed by atoms with Crippen LogP contribution in [0.3, 0.4) is 0 Å². The molecule has 0 aromatic heterocycles. The van der Waals surface area contributed by atoms with E-state index in [0.29, 0.717) is 6.04 Å². The Labute approximate surface area is 124 Å². The smallest absolute Gasteiger partial charge is 0.237 e. The maximum atomic E-state index is 11.6. The summed E-state index contributed by atoms with van der Waals surface area (Å²) in [6.07, 6.45) is 2.80. The van der Waals surface area contributed by atoms with Crippen molar-refractivity contribution in [2.75, 3.05) is 27.3 Å². The molecule has 0 saturated carbocycles. The third kappa shape index (κ3) is 7.22. The Kier molecular flexibility index (Phi) is 9.01. The summed E-state index contributed by atoms with van der Waals surface area (Å²) in [7, 11) is 3.82. The van der Waals surface area contributed by atoms with Crippen LogP contribution in [-0.4, -0.2) is 55.7 Å². The number of ether oxygens (including phenoxy) is 1. The fourth-order valence-corrected chi connectivity index (χ4v) is 2.33. The zero-order valence-corrected chi connectivity index (χ0v) is 14.0. The third-order valence-corrected chi connectivity index (χ3v) is 3.75. The highest BCUT2D eigenvalue weighted by atomic mass is 16.5. The van der Waals surface area contributed by atoms with E-state index in [1.165, 1.54) is 0 Å². The molecule has 120 valence electrons. The highest BCUT2D eigenvalue weighted by Crippen LogP contribution is 2.15. The average Bonchev–Trinajstić information content (AvgIpc) is 2.33. The van der Waals surface area contributed by atoms with Gasteiger partial charge in [0.05, 0.1) is 12.1 Å². The van der Waals surface area contributed by atoms with Crippen LogP contribution in [0, 0.1) is 0 Å². The lowest BCUT2D eigenvalue weighted by Crippen LogP contribution is -2.55. The Bertz CT molecular complexity index is 284. The van der Waals surface area contributed by atoms with Gasteiger partial charge < -0.3 is 20.7 Å². The molecule has 0 rings (SSSR count). The number of hydrogen-bond donors (Lipinski definition) is 2. The Balaban J connectivity index is 4.10. The fourth-order valence-electron chi connectivity index (χ4n) is 2.33.